The quantitative estimate of drug-likeness (QED) is 0.473. The summed E-state index contributed by atoms with van der Waals surface area (Å²) < 4.78 is 7.86. The number of fused-ring (bicyclic) bond motifs is 4. The van der Waals surface area contributed by atoms with Crippen molar-refractivity contribution < 1.29 is 9.53 Å². The molecule has 2 bridgehead atoms. The number of hydrogen-bond donors (Lipinski definition) is 1. The first-order valence-corrected chi connectivity index (χ1v) is 12.3. The number of nitrogens with zero attached hydrogens (tertiary/aromatic N) is 7. The number of ether oxygens (including phenoxy) is 1. The lowest BCUT2D eigenvalue weighted by molar-refractivity contribution is -0.130. The van der Waals surface area contributed by atoms with E-state index < -0.39 is 5.54 Å². The number of anilines is 1. The van der Waals surface area contributed by atoms with Crippen LogP contribution in [0.1, 0.15) is 31.7 Å². The number of likely N-dealkylation sites (tertiary alicyclic amines) is 1. The number of aryl methyl sites for hydroxylation is 2. The maximum atomic E-state index is 13.3. The van der Waals surface area contributed by atoms with Crippen LogP contribution < -0.4 is 5.32 Å². The highest BCUT2D eigenvalue weighted by molar-refractivity contribution is 6.06. The van der Waals surface area contributed by atoms with Crippen molar-refractivity contribution in [1.29, 1.82) is 0 Å². The lowest BCUT2D eigenvalue weighted by Gasteiger charge is -2.39. The fraction of sp³-hybridized carbons (Fsp3) is 0.385. The Hall–Kier alpha value is -3.76. The van der Waals surface area contributed by atoms with E-state index in [-0.39, 0.29) is 18.1 Å². The summed E-state index contributed by atoms with van der Waals surface area (Å²) in [6.07, 6.45) is 6.33. The number of morpholine rings is 1. The third kappa shape index (κ3) is 2.91. The molecule has 10 heteroatoms. The third-order valence-electron chi connectivity index (χ3n) is 7.87. The Kier molecular flexibility index (Phi) is 4.55. The highest BCUT2D eigenvalue weighted by Crippen LogP contribution is 2.47. The van der Waals surface area contributed by atoms with Gasteiger partial charge in [-0.2, -0.15) is 0 Å². The standard InChI is InChI=1S/C26H26N8O2/c1-4-33-23(16-9-27-14(2)28-10-16)32-22-21(29-13-30-24(22)33)15-5-6-20-19(7-15)26(3,25(35)31-20)34-11-18-8-17(34)12-36-18/h5-7,9-10,13,17-18H,4,8,11-12H2,1-3H3,(H,31,35)/t17-,18-,26+/m1/s1. The van der Waals surface area contributed by atoms with Crippen LogP contribution in [0.2, 0.25) is 0 Å². The molecule has 3 aromatic heterocycles. The lowest BCUT2D eigenvalue weighted by Crippen LogP contribution is -2.53. The first-order chi connectivity index (χ1) is 17.5. The summed E-state index contributed by atoms with van der Waals surface area (Å²) in [6.45, 7) is 8.07. The number of imidazole rings is 1. The SMILES string of the molecule is CCn1c(-c2cnc(C)nc2)nc2c(-c3ccc4c(c3)[C@](C)(N3C[C@H]5C[C@@H]3CO5)C(=O)N4)ncnc21. The van der Waals surface area contributed by atoms with Gasteiger partial charge in [0.2, 0.25) is 5.91 Å². The second-order valence-corrected chi connectivity index (χ2v) is 9.88. The summed E-state index contributed by atoms with van der Waals surface area (Å²) in [5.41, 5.74) is 4.98. The monoisotopic (exact) mass is 482 g/mol. The number of benzene rings is 1. The Morgan fingerprint density at radius 3 is 2.72 bits per heavy atom. The molecular weight excluding hydrogens is 456 g/mol. The smallest absolute Gasteiger partial charge is 0.249 e. The predicted molar refractivity (Wildman–Crippen MR) is 133 cm³/mol. The maximum absolute atomic E-state index is 13.3. The molecule has 1 amide bonds. The maximum Gasteiger partial charge on any atom is 0.249 e. The van der Waals surface area contributed by atoms with Gasteiger partial charge >= 0.3 is 0 Å². The predicted octanol–water partition coefficient (Wildman–Crippen LogP) is 2.92. The van der Waals surface area contributed by atoms with Crippen molar-refractivity contribution in [3.63, 3.8) is 0 Å². The molecule has 10 nitrogen and oxygen atoms in total. The van der Waals surface area contributed by atoms with Gasteiger partial charge in [0.25, 0.3) is 0 Å². The van der Waals surface area contributed by atoms with E-state index in [1.54, 1.807) is 18.7 Å². The Morgan fingerprint density at radius 1 is 1.17 bits per heavy atom. The molecule has 3 aliphatic heterocycles. The summed E-state index contributed by atoms with van der Waals surface area (Å²) in [6, 6.07) is 6.30. The summed E-state index contributed by atoms with van der Waals surface area (Å²) >= 11 is 0. The Balaban J connectivity index is 1.37. The van der Waals surface area contributed by atoms with Crippen molar-refractivity contribution in [2.75, 3.05) is 18.5 Å². The van der Waals surface area contributed by atoms with E-state index in [4.69, 9.17) is 9.72 Å². The molecule has 4 aromatic rings. The summed E-state index contributed by atoms with van der Waals surface area (Å²) in [5.74, 6) is 1.47. The minimum atomic E-state index is -0.756. The third-order valence-corrected chi connectivity index (χ3v) is 7.87. The van der Waals surface area contributed by atoms with Crippen molar-refractivity contribution in [2.45, 2.75) is 51.4 Å². The number of rotatable bonds is 4. The van der Waals surface area contributed by atoms with E-state index in [0.717, 1.165) is 52.5 Å². The Morgan fingerprint density at radius 2 is 2.00 bits per heavy atom. The molecule has 2 saturated heterocycles. The molecule has 36 heavy (non-hydrogen) atoms. The van der Waals surface area contributed by atoms with Gasteiger partial charge in [-0.05, 0) is 39.3 Å². The number of hydrogen-bond acceptors (Lipinski definition) is 8. The van der Waals surface area contributed by atoms with Crippen LogP contribution in [-0.2, 0) is 21.6 Å². The van der Waals surface area contributed by atoms with E-state index in [9.17, 15) is 4.79 Å². The van der Waals surface area contributed by atoms with Gasteiger partial charge in [0.1, 0.15) is 34.7 Å². The summed E-state index contributed by atoms with van der Waals surface area (Å²) in [4.78, 5) is 38.5. The Labute approximate surface area is 207 Å². The molecule has 3 aliphatic rings. The van der Waals surface area contributed by atoms with Crippen LogP contribution in [0.15, 0.2) is 36.9 Å². The second kappa shape index (κ2) is 7.62. The Bertz CT molecular complexity index is 1530. The van der Waals surface area contributed by atoms with Gasteiger partial charge in [-0.3, -0.25) is 9.69 Å². The minimum absolute atomic E-state index is 0.00644. The zero-order valence-electron chi connectivity index (χ0n) is 20.4. The van der Waals surface area contributed by atoms with Crippen molar-refractivity contribution in [1.82, 2.24) is 34.4 Å². The zero-order chi connectivity index (χ0) is 24.6. The van der Waals surface area contributed by atoms with E-state index >= 15 is 0 Å². The van der Waals surface area contributed by atoms with Gasteiger partial charge in [0.15, 0.2) is 5.65 Å². The molecule has 0 radical (unpaired) electrons. The van der Waals surface area contributed by atoms with Gasteiger partial charge in [-0.15, -0.1) is 0 Å². The fourth-order valence-corrected chi connectivity index (χ4v) is 5.98. The molecule has 0 unspecified atom stereocenters. The summed E-state index contributed by atoms with van der Waals surface area (Å²) in [5, 5.41) is 3.10. The van der Waals surface area contributed by atoms with Gasteiger partial charge in [-0.25, -0.2) is 24.9 Å². The molecule has 6 heterocycles. The zero-order valence-corrected chi connectivity index (χ0v) is 20.4. The number of nitrogens with one attached hydrogen (secondary N) is 1. The number of aromatic nitrogens is 6. The first kappa shape index (κ1) is 21.5. The molecule has 182 valence electrons. The molecule has 3 atom stereocenters. The number of carbonyl (C=O) groups is 1. The van der Waals surface area contributed by atoms with Crippen molar-refractivity contribution in [3.05, 3.63) is 48.3 Å². The van der Waals surface area contributed by atoms with Crippen LogP contribution in [0.5, 0.6) is 0 Å². The average Bonchev–Trinajstić information content (AvgIpc) is 3.66. The van der Waals surface area contributed by atoms with E-state index in [1.807, 2.05) is 26.0 Å². The normalized spacial score (nSPS) is 25.0. The van der Waals surface area contributed by atoms with Crippen LogP contribution in [-0.4, -0.2) is 65.6 Å². The summed E-state index contributed by atoms with van der Waals surface area (Å²) in [7, 11) is 0. The molecule has 7 rings (SSSR count). The van der Waals surface area contributed by atoms with E-state index in [2.05, 4.69) is 47.7 Å². The van der Waals surface area contributed by atoms with Gasteiger partial charge in [0, 0.05) is 48.3 Å². The second-order valence-electron chi connectivity index (χ2n) is 9.88. The average molecular weight is 483 g/mol. The molecule has 1 aromatic carbocycles. The van der Waals surface area contributed by atoms with Gasteiger partial charge in [0.05, 0.1) is 18.3 Å². The van der Waals surface area contributed by atoms with Crippen LogP contribution in [0.4, 0.5) is 5.69 Å². The number of amides is 1. The molecule has 2 fully saturated rings. The molecule has 1 N–H and O–H groups in total. The van der Waals surface area contributed by atoms with Gasteiger partial charge in [-0.1, -0.05) is 6.07 Å². The van der Waals surface area contributed by atoms with E-state index in [0.29, 0.717) is 24.5 Å². The van der Waals surface area contributed by atoms with Crippen LogP contribution in [0.3, 0.4) is 0 Å². The van der Waals surface area contributed by atoms with E-state index in [1.165, 1.54) is 0 Å². The highest BCUT2D eigenvalue weighted by Gasteiger charge is 2.55. The highest BCUT2D eigenvalue weighted by atomic mass is 16.5. The van der Waals surface area contributed by atoms with Crippen molar-refractivity contribution >= 4 is 22.8 Å². The minimum Gasteiger partial charge on any atom is -0.375 e. The molecular formula is C26H26N8O2. The van der Waals surface area contributed by atoms with Gasteiger partial charge < -0.3 is 14.6 Å². The van der Waals surface area contributed by atoms with Crippen LogP contribution in [0, 0.1) is 6.92 Å². The first-order valence-electron chi connectivity index (χ1n) is 12.3. The van der Waals surface area contributed by atoms with Crippen molar-refractivity contribution in [3.8, 4) is 22.6 Å². The fourth-order valence-electron chi connectivity index (χ4n) is 5.98. The van der Waals surface area contributed by atoms with Crippen LogP contribution in [0.25, 0.3) is 33.8 Å². The van der Waals surface area contributed by atoms with Crippen LogP contribution >= 0.6 is 0 Å². The number of carbonyl (C=O) groups excluding carboxylic acids is 1. The largest absolute Gasteiger partial charge is 0.375 e. The molecule has 0 spiro atoms. The molecule has 0 aliphatic carbocycles. The van der Waals surface area contributed by atoms with Crippen molar-refractivity contribution in [2.24, 2.45) is 0 Å². The lowest BCUT2D eigenvalue weighted by atomic mass is 9.89. The topological polar surface area (TPSA) is 111 Å². The molecule has 0 saturated carbocycles.